The zero-order valence-corrected chi connectivity index (χ0v) is 15.5. The molecule has 0 aromatic carbocycles. The highest BCUT2D eigenvalue weighted by Gasteiger charge is 2.37. The minimum atomic E-state index is -0.312. The van der Waals surface area contributed by atoms with E-state index in [0.717, 1.165) is 4.24 Å². The molecule has 0 aliphatic carbocycles. The van der Waals surface area contributed by atoms with Gasteiger partial charge >= 0.3 is 0 Å². The Balaban J connectivity index is 2.30. The molecule has 2 aliphatic rings. The Morgan fingerprint density at radius 1 is 0.955 bits per heavy atom. The van der Waals surface area contributed by atoms with E-state index in [2.05, 4.69) is 13.8 Å². The number of hydrogen-bond donors (Lipinski definition) is 0. The van der Waals surface area contributed by atoms with E-state index >= 15 is 0 Å². The number of rotatable bonds is 3. The van der Waals surface area contributed by atoms with Gasteiger partial charge in [-0.2, -0.15) is 0 Å². The van der Waals surface area contributed by atoms with Gasteiger partial charge in [0.2, 0.25) is 0 Å². The second-order valence-corrected chi connectivity index (χ2v) is 7.90. The molecule has 22 heavy (non-hydrogen) atoms. The van der Waals surface area contributed by atoms with Gasteiger partial charge in [-0.3, -0.25) is 19.4 Å². The lowest BCUT2D eigenvalue weighted by molar-refractivity contribution is -0.133. The van der Waals surface area contributed by atoms with Crippen molar-refractivity contribution in [3.8, 4) is 0 Å². The monoisotopic (exact) mass is 354 g/mol. The van der Waals surface area contributed by atoms with E-state index in [1.54, 1.807) is 29.6 Å². The first-order valence-corrected chi connectivity index (χ1v) is 9.07. The third-order valence-electron chi connectivity index (χ3n) is 3.43. The van der Waals surface area contributed by atoms with Crippen LogP contribution in [0.5, 0.6) is 0 Å². The summed E-state index contributed by atoms with van der Waals surface area (Å²) >= 11 is 8.55. The third-order valence-corrected chi connectivity index (χ3v) is 6.40. The molecule has 0 N–H and O–H groups in total. The fourth-order valence-corrected chi connectivity index (χ4v) is 4.84. The average molecular weight is 355 g/mol. The third kappa shape index (κ3) is 3.16. The number of amides is 2. The zero-order chi connectivity index (χ0) is 16.4. The quantitative estimate of drug-likeness (QED) is 0.441. The van der Waals surface area contributed by atoms with Gasteiger partial charge in [0, 0.05) is 17.3 Å². The second kappa shape index (κ2) is 7.02. The molecule has 0 aromatic rings. The average Bonchev–Trinajstić information content (AvgIpc) is 2.78. The lowest BCUT2D eigenvalue weighted by atomic mass is 10.1. The van der Waals surface area contributed by atoms with Gasteiger partial charge in [0.25, 0.3) is 11.8 Å². The first kappa shape index (κ1) is 17.3. The molecular weight excluding hydrogens is 336 g/mol. The molecule has 1 fully saturated rings. The standard InChI is InChI=1S/C15H18N2O2S3/c1-5-16-13(18)11(14(19)17(6-2)15(16)20)7-8-12-21-9(3)10(4)22-12/h7-8H,5-6H2,1-4H3. The number of carbonyl (C=O) groups is 2. The minimum absolute atomic E-state index is 0.174. The summed E-state index contributed by atoms with van der Waals surface area (Å²) in [5.74, 6) is -0.623. The zero-order valence-electron chi connectivity index (χ0n) is 13.0. The van der Waals surface area contributed by atoms with Crippen LogP contribution in [0.15, 0.2) is 31.8 Å². The van der Waals surface area contributed by atoms with Crippen LogP contribution in [0.1, 0.15) is 27.7 Å². The number of hydrogen-bond acceptors (Lipinski definition) is 5. The van der Waals surface area contributed by atoms with Crippen molar-refractivity contribution < 1.29 is 9.59 Å². The highest BCUT2D eigenvalue weighted by atomic mass is 32.2. The van der Waals surface area contributed by atoms with Crippen molar-refractivity contribution in [3.05, 3.63) is 31.8 Å². The number of thiocarbonyl (C=S) groups is 1. The smallest absolute Gasteiger partial charge is 0.265 e. The van der Waals surface area contributed by atoms with Gasteiger partial charge in [-0.1, -0.05) is 23.5 Å². The lowest BCUT2D eigenvalue weighted by Crippen LogP contribution is -2.55. The molecule has 2 aliphatic heterocycles. The number of allylic oxidation sites excluding steroid dienone is 4. The number of nitrogens with zero attached hydrogens (tertiary/aromatic N) is 2. The molecule has 0 saturated carbocycles. The van der Waals surface area contributed by atoms with E-state index < -0.39 is 0 Å². The van der Waals surface area contributed by atoms with Crippen LogP contribution in [-0.4, -0.2) is 39.8 Å². The molecule has 0 unspecified atom stereocenters. The maximum Gasteiger partial charge on any atom is 0.265 e. The summed E-state index contributed by atoms with van der Waals surface area (Å²) < 4.78 is 1.07. The van der Waals surface area contributed by atoms with E-state index in [9.17, 15) is 9.59 Å². The first-order chi connectivity index (χ1) is 10.4. The summed E-state index contributed by atoms with van der Waals surface area (Å²) in [6.07, 6.45) is 3.47. The molecule has 0 radical (unpaired) electrons. The normalized spacial score (nSPS) is 19.5. The molecule has 0 aromatic heterocycles. The van der Waals surface area contributed by atoms with Crippen LogP contribution in [-0.2, 0) is 9.59 Å². The van der Waals surface area contributed by atoms with Crippen LogP contribution < -0.4 is 0 Å². The summed E-state index contributed by atoms with van der Waals surface area (Å²) in [4.78, 5) is 30.3. The van der Waals surface area contributed by atoms with Crippen LogP contribution >= 0.6 is 35.7 Å². The van der Waals surface area contributed by atoms with E-state index in [-0.39, 0.29) is 17.4 Å². The maximum absolute atomic E-state index is 12.4. The molecular formula is C15H18N2O2S3. The van der Waals surface area contributed by atoms with Crippen LogP contribution in [0.25, 0.3) is 0 Å². The molecule has 0 atom stereocenters. The first-order valence-electron chi connectivity index (χ1n) is 7.03. The van der Waals surface area contributed by atoms with Gasteiger partial charge in [0.15, 0.2) is 5.11 Å². The number of carbonyl (C=O) groups excluding carboxylic acids is 2. The fourth-order valence-electron chi connectivity index (χ4n) is 2.09. The largest absolute Gasteiger partial charge is 0.285 e. The fraction of sp³-hybridized carbons (Fsp3) is 0.400. The SMILES string of the molecule is CCN1C(=O)C(=CC=C2SC(C)=C(C)S2)C(=O)N(CC)C1=S. The summed E-state index contributed by atoms with van der Waals surface area (Å²) in [5, 5.41) is 0.294. The Bertz CT molecular complexity index is 591. The van der Waals surface area contributed by atoms with Gasteiger partial charge in [-0.05, 0) is 61.9 Å². The molecule has 2 heterocycles. The summed E-state index contributed by atoms with van der Waals surface area (Å²) in [6.45, 7) is 8.74. The number of likely N-dealkylation sites (N-methyl/N-ethyl adjacent to an activating group) is 2. The highest BCUT2D eigenvalue weighted by molar-refractivity contribution is 8.28. The summed E-state index contributed by atoms with van der Waals surface area (Å²) in [5.41, 5.74) is 0.174. The minimum Gasteiger partial charge on any atom is -0.285 e. The molecule has 2 rings (SSSR count). The summed E-state index contributed by atoms with van der Waals surface area (Å²) in [7, 11) is 0. The molecule has 118 valence electrons. The van der Waals surface area contributed by atoms with Crippen LogP contribution in [0.4, 0.5) is 0 Å². The van der Waals surface area contributed by atoms with Crippen molar-refractivity contribution in [2.45, 2.75) is 27.7 Å². The molecule has 2 amide bonds. The van der Waals surface area contributed by atoms with Crippen LogP contribution in [0.2, 0.25) is 0 Å². The predicted molar refractivity (Wildman–Crippen MR) is 97.1 cm³/mol. The van der Waals surface area contributed by atoms with Crippen molar-refractivity contribution in [2.24, 2.45) is 0 Å². The lowest BCUT2D eigenvalue weighted by Gasteiger charge is -2.35. The van der Waals surface area contributed by atoms with Crippen molar-refractivity contribution in [3.63, 3.8) is 0 Å². The molecule has 1 saturated heterocycles. The molecule has 7 heteroatoms. The van der Waals surface area contributed by atoms with E-state index in [1.165, 1.54) is 19.6 Å². The molecule has 4 nitrogen and oxygen atoms in total. The second-order valence-electron chi connectivity index (χ2n) is 4.76. The molecule has 0 spiro atoms. The topological polar surface area (TPSA) is 40.6 Å². The van der Waals surface area contributed by atoms with E-state index in [4.69, 9.17) is 12.2 Å². The maximum atomic E-state index is 12.4. The van der Waals surface area contributed by atoms with Gasteiger partial charge in [-0.25, -0.2) is 0 Å². The van der Waals surface area contributed by atoms with Gasteiger partial charge in [-0.15, -0.1) is 0 Å². The van der Waals surface area contributed by atoms with Crippen molar-refractivity contribution in [1.82, 2.24) is 9.80 Å². The number of thioether (sulfide) groups is 2. The van der Waals surface area contributed by atoms with Crippen LogP contribution in [0.3, 0.4) is 0 Å². The van der Waals surface area contributed by atoms with Crippen molar-refractivity contribution in [2.75, 3.05) is 13.1 Å². The Labute approximate surface area is 144 Å². The van der Waals surface area contributed by atoms with E-state index in [0.29, 0.717) is 18.2 Å². The van der Waals surface area contributed by atoms with Crippen LogP contribution in [0, 0.1) is 0 Å². The predicted octanol–water partition coefficient (Wildman–Crippen LogP) is 3.48. The van der Waals surface area contributed by atoms with Gasteiger partial charge in [0.05, 0.1) is 0 Å². The van der Waals surface area contributed by atoms with Gasteiger partial charge in [0.1, 0.15) is 5.57 Å². The Hall–Kier alpha value is -1.05. The molecule has 0 bridgehead atoms. The van der Waals surface area contributed by atoms with E-state index in [1.807, 2.05) is 19.9 Å². The van der Waals surface area contributed by atoms with Gasteiger partial charge < -0.3 is 0 Å². The summed E-state index contributed by atoms with van der Waals surface area (Å²) in [6, 6.07) is 0. The Morgan fingerprint density at radius 2 is 1.41 bits per heavy atom. The Morgan fingerprint density at radius 3 is 1.82 bits per heavy atom. The van der Waals surface area contributed by atoms with Crippen molar-refractivity contribution in [1.29, 1.82) is 0 Å². The van der Waals surface area contributed by atoms with Crippen molar-refractivity contribution >= 4 is 52.7 Å². The Kier molecular flexibility index (Phi) is 5.52. The highest BCUT2D eigenvalue weighted by Crippen LogP contribution is 2.48.